The number of benzene rings is 1. The number of nitrogens with zero attached hydrogens (tertiary/aromatic N) is 2. The Hall–Kier alpha value is -2.54. The van der Waals surface area contributed by atoms with E-state index < -0.39 is 16.6 Å². The van der Waals surface area contributed by atoms with Crippen LogP contribution in [0.4, 0.5) is 5.69 Å². The van der Waals surface area contributed by atoms with Crippen molar-refractivity contribution < 1.29 is 19.1 Å². The van der Waals surface area contributed by atoms with Crippen LogP contribution in [0.25, 0.3) is 0 Å². The van der Waals surface area contributed by atoms with Crippen LogP contribution in [0.3, 0.4) is 0 Å². The zero-order chi connectivity index (χ0) is 24.6. The summed E-state index contributed by atoms with van der Waals surface area (Å²) in [5.41, 5.74) is -1.10. The molecule has 1 N–H and O–H groups in total. The number of likely N-dealkylation sites (N-methyl/N-ethyl adjacent to an activating group) is 1. The molecule has 6 heterocycles. The molecule has 4 saturated heterocycles. The largest absolute Gasteiger partial charge is 0.480 e. The molecule has 35 heavy (non-hydrogen) atoms. The number of fused-ring (bicyclic) bond motifs is 5. The minimum absolute atomic E-state index is 0.0180. The topological polar surface area (TPSA) is 71.1 Å². The van der Waals surface area contributed by atoms with Gasteiger partial charge in [0.1, 0.15) is 16.6 Å². The molecule has 1 aromatic rings. The van der Waals surface area contributed by atoms with Crippen molar-refractivity contribution in [2.45, 2.75) is 81.9 Å². The molecule has 0 radical (unpaired) electrons. The third-order valence-corrected chi connectivity index (χ3v) is 10.4. The molecular formula is C28H35N3O4. The van der Waals surface area contributed by atoms with Gasteiger partial charge < -0.3 is 19.7 Å². The number of ether oxygens (including phenoxy) is 2. The van der Waals surface area contributed by atoms with E-state index in [9.17, 15) is 9.59 Å². The lowest BCUT2D eigenvalue weighted by atomic mass is 9.52. The SMILES string of the molecule is CN1C(=O)[C@@]23CCCCN2C[C@]12[C@H](CC(C)(C)[C@]21C(=O)Nc2c1ccc1c2OC=CC(C)(C)O1)C3. The van der Waals surface area contributed by atoms with Gasteiger partial charge in [0.15, 0.2) is 11.5 Å². The summed E-state index contributed by atoms with van der Waals surface area (Å²) in [5.74, 6) is 1.62. The van der Waals surface area contributed by atoms with Crippen LogP contribution in [0.15, 0.2) is 24.5 Å². The summed E-state index contributed by atoms with van der Waals surface area (Å²) in [4.78, 5) is 33.0. The quantitative estimate of drug-likeness (QED) is 0.615. The second-order valence-electron chi connectivity index (χ2n) is 12.8. The van der Waals surface area contributed by atoms with Gasteiger partial charge in [-0.05, 0) is 81.5 Å². The second kappa shape index (κ2) is 6.23. The molecule has 3 spiro atoms. The van der Waals surface area contributed by atoms with Crippen LogP contribution in [0.5, 0.6) is 11.5 Å². The van der Waals surface area contributed by atoms with Gasteiger partial charge >= 0.3 is 0 Å². The summed E-state index contributed by atoms with van der Waals surface area (Å²) in [6.45, 7) is 10.1. The molecule has 2 amide bonds. The number of carbonyl (C=O) groups excluding carboxylic acids is 2. The molecule has 1 aliphatic carbocycles. The maximum absolute atomic E-state index is 14.4. The van der Waals surface area contributed by atoms with Crippen molar-refractivity contribution in [1.82, 2.24) is 9.80 Å². The molecule has 0 aromatic heterocycles. The van der Waals surface area contributed by atoms with Gasteiger partial charge in [-0.3, -0.25) is 14.5 Å². The van der Waals surface area contributed by atoms with E-state index in [-0.39, 0.29) is 28.7 Å². The molecule has 5 fully saturated rings. The molecule has 7 nitrogen and oxygen atoms in total. The molecule has 7 heteroatoms. The van der Waals surface area contributed by atoms with Crippen LogP contribution in [0.2, 0.25) is 0 Å². The number of hydrogen-bond donors (Lipinski definition) is 1. The number of piperidine rings is 3. The lowest BCUT2D eigenvalue weighted by molar-refractivity contribution is -0.201. The summed E-state index contributed by atoms with van der Waals surface area (Å²) in [6, 6.07) is 4.00. The zero-order valence-electron chi connectivity index (χ0n) is 21.4. The Labute approximate surface area is 206 Å². The van der Waals surface area contributed by atoms with E-state index in [1.807, 2.05) is 37.9 Å². The summed E-state index contributed by atoms with van der Waals surface area (Å²) in [7, 11) is 1.96. The van der Waals surface area contributed by atoms with Crippen molar-refractivity contribution in [3.8, 4) is 11.5 Å². The minimum atomic E-state index is -0.877. The van der Waals surface area contributed by atoms with Crippen molar-refractivity contribution in [2.75, 3.05) is 25.5 Å². The van der Waals surface area contributed by atoms with E-state index in [0.717, 1.165) is 50.8 Å². The summed E-state index contributed by atoms with van der Waals surface area (Å²) in [5, 5.41) is 3.25. The van der Waals surface area contributed by atoms with Gasteiger partial charge in [0.2, 0.25) is 11.8 Å². The van der Waals surface area contributed by atoms with Crippen molar-refractivity contribution >= 4 is 17.5 Å². The Morgan fingerprint density at radius 3 is 2.69 bits per heavy atom. The Morgan fingerprint density at radius 2 is 1.89 bits per heavy atom. The Morgan fingerprint density at radius 1 is 1.09 bits per heavy atom. The lowest BCUT2D eigenvalue weighted by Gasteiger charge is -2.69. The van der Waals surface area contributed by atoms with Crippen molar-refractivity contribution in [3.05, 3.63) is 30.0 Å². The highest BCUT2D eigenvalue weighted by Crippen LogP contribution is 2.73. The highest BCUT2D eigenvalue weighted by molar-refractivity contribution is 6.11. The first-order valence-corrected chi connectivity index (χ1v) is 13.1. The number of hydrogen-bond acceptors (Lipinski definition) is 5. The minimum Gasteiger partial charge on any atom is -0.480 e. The van der Waals surface area contributed by atoms with Crippen LogP contribution in [-0.2, 0) is 15.0 Å². The fourth-order valence-corrected chi connectivity index (χ4v) is 9.24. The Kier molecular flexibility index (Phi) is 3.86. The predicted molar refractivity (Wildman–Crippen MR) is 131 cm³/mol. The molecule has 4 atom stereocenters. The monoisotopic (exact) mass is 477 g/mol. The summed E-state index contributed by atoms with van der Waals surface area (Å²) in [6.07, 6.45) is 8.44. The van der Waals surface area contributed by atoms with Crippen LogP contribution in [0, 0.1) is 11.3 Å². The average Bonchev–Trinajstić information content (AvgIpc) is 3.13. The number of rotatable bonds is 0. The van der Waals surface area contributed by atoms with Gasteiger partial charge in [0.05, 0.1) is 17.5 Å². The van der Waals surface area contributed by atoms with Gasteiger partial charge in [-0.1, -0.05) is 19.9 Å². The zero-order valence-corrected chi connectivity index (χ0v) is 21.4. The van der Waals surface area contributed by atoms with Gasteiger partial charge in [0.25, 0.3) is 0 Å². The van der Waals surface area contributed by atoms with Gasteiger partial charge in [-0.25, -0.2) is 0 Å². The molecule has 8 rings (SSSR count). The standard InChI is InChI=1S/C28H35N3O4/c1-24(2)14-17-15-26-10-6-7-12-31(26)16-27(17,30(5)23(26)33)28(24)18-8-9-19-21(20(18)29-22(28)32)34-13-11-25(3,4)35-19/h8-9,11,13,17H,6-7,10,12,14-16H2,1-5H3,(H,29,32)/t17-,26+,27-,28+/m1/s1. The van der Waals surface area contributed by atoms with Gasteiger partial charge in [-0.15, -0.1) is 0 Å². The van der Waals surface area contributed by atoms with E-state index in [2.05, 4.69) is 30.1 Å². The maximum Gasteiger partial charge on any atom is 0.243 e. The first kappa shape index (κ1) is 21.7. The van der Waals surface area contributed by atoms with Crippen LogP contribution in [-0.4, -0.2) is 58.4 Å². The fourth-order valence-electron chi connectivity index (χ4n) is 9.24. The Balaban J connectivity index is 1.48. The highest BCUT2D eigenvalue weighted by atomic mass is 16.5. The third kappa shape index (κ3) is 2.20. The van der Waals surface area contributed by atoms with E-state index in [1.54, 1.807) is 6.26 Å². The first-order chi connectivity index (χ1) is 16.5. The molecule has 1 saturated carbocycles. The molecular weight excluding hydrogens is 442 g/mol. The average molecular weight is 478 g/mol. The fraction of sp³-hybridized carbons (Fsp3) is 0.643. The smallest absolute Gasteiger partial charge is 0.243 e. The number of anilines is 1. The predicted octanol–water partition coefficient (Wildman–Crippen LogP) is 3.83. The van der Waals surface area contributed by atoms with Crippen LogP contribution >= 0.6 is 0 Å². The Bertz CT molecular complexity index is 1220. The number of amides is 2. The summed E-state index contributed by atoms with van der Waals surface area (Å²) < 4.78 is 12.3. The van der Waals surface area contributed by atoms with E-state index in [0.29, 0.717) is 17.2 Å². The van der Waals surface area contributed by atoms with Crippen LogP contribution in [0.1, 0.15) is 65.4 Å². The molecule has 186 valence electrons. The first-order valence-electron chi connectivity index (χ1n) is 13.1. The number of nitrogens with one attached hydrogen (secondary N) is 1. The third-order valence-electron chi connectivity index (χ3n) is 10.4. The maximum atomic E-state index is 14.4. The summed E-state index contributed by atoms with van der Waals surface area (Å²) >= 11 is 0. The normalized spacial score (nSPS) is 39.8. The number of carbonyl (C=O) groups is 2. The highest BCUT2D eigenvalue weighted by Gasteiger charge is 2.82. The molecule has 2 bridgehead atoms. The molecule has 1 aromatic carbocycles. The van der Waals surface area contributed by atoms with Crippen LogP contribution < -0.4 is 14.8 Å². The molecule has 0 unspecified atom stereocenters. The van der Waals surface area contributed by atoms with Gasteiger partial charge in [-0.2, -0.15) is 0 Å². The molecule has 7 aliphatic rings. The van der Waals surface area contributed by atoms with E-state index in [4.69, 9.17) is 9.47 Å². The van der Waals surface area contributed by atoms with Crippen molar-refractivity contribution in [2.24, 2.45) is 11.3 Å². The number of piperazine rings is 1. The molecule has 6 aliphatic heterocycles. The lowest BCUT2D eigenvalue weighted by Crippen LogP contribution is -2.85. The van der Waals surface area contributed by atoms with Crippen molar-refractivity contribution in [3.63, 3.8) is 0 Å². The van der Waals surface area contributed by atoms with E-state index >= 15 is 0 Å². The van der Waals surface area contributed by atoms with Crippen molar-refractivity contribution in [1.29, 1.82) is 0 Å². The van der Waals surface area contributed by atoms with E-state index in [1.165, 1.54) is 0 Å². The van der Waals surface area contributed by atoms with Gasteiger partial charge in [0, 0.05) is 13.6 Å². The second-order valence-corrected chi connectivity index (χ2v) is 12.8.